The molecule has 13 heteroatoms. The fraction of sp³-hybridized carbons (Fsp3) is 0.207. The monoisotopic (exact) mass is 612 g/mol. The summed E-state index contributed by atoms with van der Waals surface area (Å²) in [4.78, 5) is 17.9. The lowest BCUT2D eigenvalue weighted by Gasteiger charge is -2.17. The standard InChI is InChI=1S/C29H27F3N6O2S2/c1-3-18-12-26(40-16-17-7-5-4-6-8-17)22(30)13-21(18)19-9-10-20(23(11-19)36-41-31)27(33)28-35-24-14-37(29(39)34-2)15-25(24)38(28)42-32/h4-13,33,36H,3,14-16H2,1-2H3,(H,34,39). The van der Waals surface area contributed by atoms with Crippen LogP contribution in [-0.2, 0) is 26.1 Å². The molecule has 0 radical (unpaired) electrons. The third-order valence-corrected chi connectivity index (χ3v) is 7.84. The summed E-state index contributed by atoms with van der Waals surface area (Å²) in [6.45, 7) is 2.47. The predicted molar refractivity (Wildman–Crippen MR) is 160 cm³/mol. The van der Waals surface area contributed by atoms with Crippen LogP contribution in [0.15, 0.2) is 60.7 Å². The average molecular weight is 613 g/mol. The van der Waals surface area contributed by atoms with Crippen molar-refractivity contribution in [1.29, 1.82) is 5.41 Å². The van der Waals surface area contributed by atoms with Crippen LogP contribution < -0.4 is 14.8 Å². The molecule has 1 aromatic heterocycles. The quantitative estimate of drug-likeness (QED) is 0.129. The van der Waals surface area contributed by atoms with Crippen molar-refractivity contribution in [1.82, 2.24) is 19.2 Å². The molecule has 0 saturated heterocycles. The van der Waals surface area contributed by atoms with Crippen LogP contribution in [0.3, 0.4) is 0 Å². The first-order valence-electron chi connectivity index (χ1n) is 13.0. The average Bonchev–Trinajstić information content (AvgIpc) is 3.58. The van der Waals surface area contributed by atoms with E-state index in [2.05, 4.69) is 15.0 Å². The van der Waals surface area contributed by atoms with E-state index in [9.17, 15) is 12.6 Å². The SMILES string of the molecule is CCc1cc(OCc2ccccc2)c(F)cc1-c1ccc(C(=N)c2nc3c(n2SF)CN(C(=O)NC)C3)c(NSF)c1. The van der Waals surface area contributed by atoms with Crippen LogP contribution >= 0.6 is 24.7 Å². The van der Waals surface area contributed by atoms with Crippen LogP contribution in [0, 0.1) is 11.2 Å². The van der Waals surface area contributed by atoms with Crippen molar-refractivity contribution in [2.24, 2.45) is 0 Å². The summed E-state index contributed by atoms with van der Waals surface area (Å²) in [7, 11) is 1.50. The summed E-state index contributed by atoms with van der Waals surface area (Å²) in [6, 6.07) is 17.1. The van der Waals surface area contributed by atoms with E-state index in [-0.39, 0.29) is 78.9 Å². The maximum atomic E-state index is 15.2. The number of fused-ring (bicyclic) bond motifs is 1. The number of carbonyl (C=O) groups is 1. The summed E-state index contributed by atoms with van der Waals surface area (Å²) in [6.07, 6.45) is 0.583. The Bertz CT molecular complexity index is 1630. The maximum absolute atomic E-state index is 15.2. The molecule has 0 fully saturated rings. The Morgan fingerprint density at radius 3 is 2.60 bits per heavy atom. The zero-order valence-corrected chi connectivity index (χ0v) is 24.3. The maximum Gasteiger partial charge on any atom is 0.317 e. The molecule has 1 aliphatic rings. The number of hydrogen-bond donors (Lipinski definition) is 3. The van der Waals surface area contributed by atoms with Crippen LogP contribution in [0.5, 0.6) is 5.75 Å². The third kappa shape index (κ3) is 5.79. The van der Waals surface area contributed by atoms with Gasteiger partial charge in [-0.3, -0.25) is 5.41 Å². The van der Waals surface area contributed by atoms with Gasteiger partial charge in [0.05, 0.1) is 30.2 Å². The number of nitrogens with zero attached hydrogens (tertiary/aromatic N) is 3. The molecule has 4 aromatic rings. The van der Waals surface area contributed by atoms with E-state index < -0.39 is 5.82 Å². The van der Waals surface area contributed by atoms with E-state index in [0.717, 1.165) is 11.1 Å². The van der Waals surface area contributed by atoms with Gasteiger partial charge in [-0.05, 0) is 52.9 Å². The lowest BCUT2D eigenvalue weighted by Crippen LogP contribution is -2.34. The van der Waals surface area contributed by atoms with Gasteiger partial charge in [0.15, 0.2) is 42.1 Å². The Morgan fingerprint density at radius 2 is 1.90 bits per heavy atom. The highest BCUT2D eigenvalue weighted by Gasteiger charge is 2.32. The molecular weight excluding hydrogens is 585 g/mol. The van der Waals surface area contributed by atoms with Crippen LogP contribution in [0.1, 0.15) is 40.8 Å². The second kappa shape index (κ2) is 12.8. The van der Waals surface area contributed by atoms with Crippen molar-refractivity contribution in [3.05, 3.63) is 100 Å². The lowest BCUT2D eigenvalue weighted by atomic mass is 9.95. The van der Waals surface area contributed by atoms with Crippen LogP contribution in [0.4, 0.5) is 22.6 Å². The van der Waals surface area contributed by atoms with Crippen LogP contribution in [0.2, 0.25) is 0 Å². The molecule has 5 rings (SSSR count). The molecule has 0 saturated carbocycles. The van der Waals surface area contributed by atoms with E-state index in [4.69, 9.17) is 10.1 Å². The van der Waals surface area contributed by atoms with Gasteiger partial charge in [-0.15, -0.1) is 7.77 Å². The van der Waals surface area contributed by atoms with Gasteiger partial charge in [0, 0.05) is 12.6 Å². The largest absolute Gasteiger partial charge is 0.486 e. The van der Waals surface area contributed by atoms with Crippen molar-refractivity contribution in [3.8, 4) is 16.9 Å². The van der Waals surface area contributed by atoms with Gasteiger partial charge < -0.3 is 19.7 Å². The minimum atomic E-state index is -0.536. The zero-order valence-electron chi connectivity index (χ0n) is 22.7. The number of hydrogen-bond acceptors (Lipinski definition) is 7. The highest BCUT2D eigenvalue weighted by Crippen LogP contribution is 2.36. The number of aromatic nitrogens is 2. The van der Waals surface area contributed by atoms with E-state index in [1.54, 1.807) is 24.3 Å². The van der Waals surface area contributed by atoms with Crippen molar-refractivity contribution in [2.75, 3.05) is 11.8 Å². The van der Waals surface area contributed by atoms with E-state index in [1.165, 1.54) is 22.0 Å². The summed E-state index contributed by atoms with van der Waals surface area (Å²) >= 11 is -0.270. The van der Waals surface area contributed by atoms with Gasteiger partial charge in [0.2, 0.25) is 0 Å². The minimum absolute atomic E-state index is 0.0314. The summed E-state index contributed by atoms with van der Waals surface area (Å²) in [5, 5.41) is 11.4. The Balaban J connectivity index is 1.45. The number of ether oxygens (including phenoxy) is 1. The number of imidazole rings is 1. The van der Waals surface area contributed by atoms with Gasteiger partial charge in [-0.25, -0.2) is 18.1 Å². The number of urea groups is 1. The molecule has 1 aliphatic heterocycles. The molecule has 0 unspecified atom stereocenters. The first-order valence-corrected chi connectivity index (χ1v) is 14.4. The van der Waals surface area contributed by atoms with E-state index in [1.807, 2.05) is 37.3 Å². The van der Waals surface area contributed by atoms with Crippen molar-refractivity contribution in [2.45, 2.75) is 33.0 Å². The second-order valence-corrected chi connectivity index (χ2v) is 10.3. The number of nitrogens with one attached hydrogen (secondary N) is 3. The molecule has 8 nitrogen and oxygen atoms in total. The van der Waals surface area contributed by atoms with Gasteiger partial charge in [0.25, 0.3) is 0 Å². The van der Waals surface area contributed by atoms with Crippen molar-refractivity contribution >= 4 is 42.1 Å². The summed E-state index contributed by atoms with van der Waals surface area (Å²) in [5.41, 5.74) is 4.24. The molecule has 0 aliphatic carbocycles. The molecule has 2 amide bonds. The minimum Gasteiger partial charge on any atom is -0.486 e. The van der Waals surface area contributed by atoms with Crippen molar-refractivity contribution in [3.63, 3.8) is 0 Å². The van der Waals surface area contributed by atoms with Crippen LogP contribution in [0.25, 0.3) is 11.1 Å². The smallest absolute Gasteiger partial charge is 0.317 e. The molecule has 3 N–H and O–H groups in total. The fourth-order valence-electron chi connectivity index (χ4n) is 4.89. The summed E-state index contributed by atoms with van der Waals surface area (Å²) < 4.78 is 52.3. The number of carbonyl (C=O) groups excluding carboxylic acids is 1. The Morgan fingerprint density at radius 1 is 1.12 bits per heavy atom. The van der Waals surface area contributed by atoms with Crippen LogP contribution in [-0.4, -0.2) is 32.6 Å². The van der Waals surface area contributed by atoms with Gasteiger partial charge in [-0.2, -0.15) is 0 Å². The molecule has 2 heterocycles. The number of amides is 2. The highest BCUT2D eigenvalue weighted by molar-refractivity contribution is 7.95. The number of rotatable bonds is 10. The molecule has 0 bridgehead atoms. The van der Waals surface area contributed by atoms with E-state index in [0.29, 0.717) is 28.9 Å². The topological polar surface area (TPSA) is 95.3 Å². The zero-order chi connectivity index (χ0) is 29.8. The first-order chi connectivity index (χ1) is 20.4. The Labute approximate surface area is 250 Å². The molecule has 0 atom stereocenters. The van der Waals surface area contributed by atoms with Gasteiger partial charge in [-0.1, -0.05) is 43.3 Å². The first kappa shape index (κ1) is 29.4. The third-order valence-electron chi connectivity index (χ3n) is 7.01. The molecule has 42 heavy (non-hydrogen) atoms. The fourth-order valence-corrected chi connectivity index (χ4v) is 5.59. The molecule has 3 aromatic carbocycles. The Hall–Kier alpha value is -4.10. The summed E-state index contributed by atoms with van der Waals surface area (Å²) in [5.74, 6) is -0.371. The lowest BCUT2D eigenvalue weighted by molar-refractivity contribution is 0.200. The van der Waals surface area contributed by atoms with Gasteiger partial charge >= 0.3 is 6.03 Å². The molecular formula is C29H27F3N6O2S2. The Kier molecular flexibility index (Phi) is 8.97. The number of benzene rings is 3. The number of anilines is 1. The predicted octanol–water partition coefficient (Wildman–Crippen LogP) is 7.23. The van der Waals surface area contributed by atoms with Gasteiger partial charge in [0.1, 0.15) is 12.3 Å². The van der Waals surface area contributed by atoms with Crippen molar-refractivity contribution < 1.29 is 21.7 Å². The molecule has 218 valence electrons. The number of aryl methyl sites for hydroxylation is 1. The highest BCUT2D eigenvalue weighted by atomic mass is 32.2. The van der Waals surface area contributed by atoms with E-state index >= 15 is 4.39 Å². The normalized spacial score (nSPS) is 12.3. The molecule has 0 spiro atoms. The second-order valence-electron chi connectivity index (χ2n) is 9.49. The number of halogens is 3.